The molecule has 98 valence electrons. The van der Waals surface area contributed by atoms with Crippen LogP contribution in [0.1, 0.15) is 25.7 Å². The SMILES string of the molecule is NC1CCCC(OC(=O)Nc2cccc(Cl)c2)C1. The van der Waals surface area contributed by atoms with Gasteiger partial charge in [0.05, 0.1) is 0 Å². The second kappa shape index (κ2) is 6.07. The van der Waals surface area contributed by atoms with Gasteiger partial charge < -0.3 is 10.5 Å². The Labute approximate surface area is 111 Å². The van der Waals surface area contributed by atoms with Gasteiger partial charge in [-0.1, -0.05) is 17.7 Å². The number of hydrogen-bond donors (Lipinski definition) is 2. The van der Waals surface area contributed by atoms with E-state index >= 15 is 0 Å². The van der Waals surface area contributed by atoms with Crippen LogP contribution in [-0.2, 0) is 4.74 Å². The third-order valence-corrected chi connectivity index (χ3v) is 3.25. The summed E-state index contributed by atoms with van der Waals surface area (Å²) < 4.78 is 5.33. The molecule has 1 fully saturated rings. The topological polar surface area (TPSA) is 64.3 Å². The Kier molecular flexibility index (Phi) is 4.44. The molecule has 1 aliphatic carbocycles. The maximum Gasteiger partial charge on any atom is 0.411 e. The first-order chi connectivity index (χ1) is 8.63. The summed E-state index contributed by atoms with van der Waals surface area (Å²) in [4.78, 5) is 11.7. The van der Waals surface area contributed by atoms with Crippen LogP contribution in [0.3, 0.4) is 0 Å². The number of ether oxygens (including phenoxy) is 1. The van der Waals surface area contributed by atoms with E-state index in [9.17, 15) is 4.79 Å². The highest BCUT2D eigenvalue weighted by molar-refractivity contribution is 6.30. The molecule has 2 unspecified atom stereocenters. The number of hydrogen-bond acceptors (Lipinski definition) is 3. The van der Waals surface area contributed by atoms with Crippen LogP contribution in [0.4, 0.5) is 10.5 Å². The van der Waals surface area contributed by atoms with E-state index in [1.807, 2.05) is 0 Å². The molecule has 1 aromatic rings. The summed E-state index contributed by atoms with van der Waals surface area (Å²) in [6.45, 7) is 0. The summed E-state index contributed by atoms with van der Waals surface area (Å²) in [7, 11) is 0. The molecule has 0 bridgehead atoms. The molecule has 4 nitrogen and oxygen atoms in total. The van der Waals surface area contributed by atoms with Crippen molar-refractivity contribution in [2.75, 3.05) is 5.32 Å². The monoisotopic (exact) mass is 268 g/mol. The van der Waals surface area contributed by atoms with Gasteiger partial charge in [0.2, 0.25) is 0 Å². The molecule has 0 aliphatic heterocycles. The molecule has 3 N–H and O–H groups in total. The first-order valence-corrected chi connectivity index (χ1v) is 6.50. The molecule has 0 heterocycles. The van der Waals surface area contributed by atoms with E-state index in [1.165, 1.54) is 0 Å². The van der Waals surface area contributed by atoms with Gasteiger partial charge in [0.1, 0.15) is 6.10 Å². The van der Waals surface area contributed by atoms with E-state index in [2.05, 4.69) is 5.32 Å². The van der Waals surface area contributed by atoms with Crippen LogP contribution in [0.15, 0.2) is 24.3 Å². The van der Waals surface area contributed by atoms with Gasteiger partial charge in [-0.25, -0.2) is 4.79 Å². The van der Waals surface area contributed by atoms with Crippen molar-refractivity contribution in [2.24, 2.45) is 5.73 Å². The molecule has 1 amide bonds. The largest absolute Gasteiger partial charge is 0.446 e. The van der Waals surface area contributed by atoms with Crippen LogP contribution in [-0.4, -0.2) is 18.2 Å². The summed E-state index contributed by atoms with van der Waals surface area (Å²) >= 11 is 5.83. The van der Waals surface area contributed by atoms with Crippen molar-refractivity contribution >= 4 is 23.4 Å². The van der Waals surface area contributed by atoms with Crippen molar-refractivity contribution in [1.29, 1.82) is 0 Å². The minimum absolute atomic E-state index is 0.0760. The number of halogens is 1. The van der Waals surface area contributed by atoms with E-state index < -0.39 is 6.09 Å². The number of benzene rings is 1. The van der Waals surface area contributed by atoms with Crippen LogP contribution in [0.2, 0.25) is 5.02 Å². The Bertz CT molecular complexity index is 425. The van der Waals surface area contributed by atoms with E-state index in [1.54, 1.807) is 24.3 Å². The summed E-state index contributed by atoms with van der Waals surface area (Å²) in [6.07, 6.45) is 3.12. The fourth-order valence-electron chi connectivity index (χ4n) is 2.15. The van der Waals surface area contributed by atoms with Crippen molar-refractivity contribution < 1.29 is 9.53 Å². The van der Waals surface area contributed by atoms with Crippen LogP contribution >= 0.6 is 11.6 Å². The van der Waals surface area contributed by atoms with Gasteiger partial charge in [-0.05, 0) is 43.9 Å². The van der Waals surface area contributed by atoms with Crippen molar-refractivity contribution in [1.82, 2.24) is 0 Å². The summed E-state index contributed by atoms with van der Waals surface area (Å²) in [5.74, 6) is 0. The number of carbonyl (C=O) groups excluding carboxylic acids is 1. The van der Waals surface area contributed by atoms with Crippen molar-refractivity contribution in [2.45, 2.75) is 37.8 Å². The Balaban J connectivity index is 1.85. The van der Waals surface area contributed by atoms with Gasteiger partial charge in [0.25, 0.3) is 0 Å². The van der Waals surface area contributed by atoms with Gasteiger partial charge in [0, 0.05) is 16.8 Å². The fourth-order valence-corrected chi connectivity index (χ4v) is 2.34. The third kappa shape index (κ3) is 3.89. The molecule has 0 aromatic heterocycles. The molecule has 0 spiro atoms. The fraction of sp³-hybridized carbons (Fsp3) is 0.462. The summed E-state index contributed by atoms with van der Waals surface area (Å²) in [6, 6.07) is 7.10. The van der Waals surface area contributed by atoms with E-state index in [0.29, 0.717) is 10.7 Å². The lowest BCUT2D eigenvalue weighted by atomic mass is 9.94. The smallest absolute Gasteiger partial charge is 0.411 e. The second-order valence-electron chi connectivity index (χ2n) is 4.59. The number of carbonyl (C=O) groups is 1. The van der Waals surface area contributed by atoms with E-state index in [-0.39, 0.29) is 12.1 Å². The Morgan fingerprint density at radius 2 is 2.28 bits per heavy atom. The van der Waals surface area contributed by atoms with Crippen LogP contribution in [0.25, 0.3) is 0 Å². The van der Waals surface area contributed by atoms with Gasteiger partial charge in [0.15, 0.2) is 0 Å². The lowest BCUT2D eigenvalue weighted by molar-refractivity contribution is 0.0811. The van der Waals surface area contributed by atoms with Crippen LogP contribution < -0.4 is 11.1 Å². The number of rotatable bonds is 2. The molecule has 2 rings (SSSR count). The van der Waals surface area contributed by atoms with Crippen molar-refractivity contribution in [3.8, 4) is 0 Å². The molecule has 5 heteroatoms. The Morgan fingerprint density at radius 1 is 1.44 bits per heavy atom. The quantitative estimate of drug-likeness (QED) is 0.866. The summed E-state index contributed by atoms with van der Waals surface area (Å²) in [5.41, 5.74) is 6.48. The average Bonchev–Trinajstić information content (AvgIpc) is 2.28. The van der Waals surface area contributed by atoms with Gasteiger partial charge in [-0.2, -0.15) is 0 Å². The maximum atomic E-state index is 11.7. The highest BCUT2D eigenvalue weighted by Gasteiger charge is 2.22. The molecular weight excluding hydrogens is 252 g/mol. The molecule has 0 saturated heterocycles. The maximum absolute atomic E-state index is 11.7. The lowest BCUT2D eigenvalue weighted by Gasteiger charge is -2.26. The Morgan fingerprint density at radius 3 is 3.00 bits per heavy atom. The number of amides is 1. The Hall–Kier alpha value is -1.26. The van der Waals surface area contributed by atoms with Gasteiger partial charge in [-0.15, -0.1) is 0 Å². The minimum atomic E-state index is -0.448. The molecule has 18 heavy (non-hydrogen) atoms. The predicted octanol–water partition coefficient (Wildman–Crippen LogP) is 3.16. The van der Waals surface area contributed by atoms with Gasteiger partial charge in [-0.3, -0.25) is 5.32 Å². The molecule has 2 atom stereocenters. The molecule has 1 saturated carbocycles. The highest BCUT2D eigenvalue weighted by Crippen LogP contribution is 2.21. The average molecular weight is 269 g/mol. The first-order valence-electron chi connectivity index (χ1n) is 6.12. The molecule has 1 aromatic carbocycles. The van der Waals surface area contributed by atoms with Crippen LogP contribution in [0, 0.1) is 0 Å². The number of anilines is 1. The predicted molar refractivity (Wildman–Crippen MR) is 71.8 cm³/mol. The van der Waals surface area contributed by atoms with E-state index in [4.69, 9.17) is 22.1 Å². The standard InChI is InChI=1S/C13H17ClN2O2/c14-9-3-1-5-11(7-9)16-13(17)18-12-6-2-4-10(15)8-12/h1,3,5,7,10,12H,2,4,6,8,15H2,(H,16,17). The minimum Gasteiger partial charge on any atom is -0.446 e. The summed E-state index contributed by atoms with van der Waals surface area (Å²) in [5, 5.41) is 3.23. The van der Waals surface area contributed by atoms with Gasteiger partial charge >= 0.3 is 6.09 Å². The molecular formula is C13H17ClN2O2. The van der Waals surface area contributed by atoms with Crippen molar-refractivity contribution in [3.63, 3.8) is 0 Å². The zero-order chi connectivity index (χ0) is 13.0. The zero-order valence-corrected chi connectivity index (χ0v) is 10.8. The first kappa shape index (κ1) is 13.2. The van der Waals surface area contributed by atoms with Crippen molar-refractivity contribution in [3.05, 3.63) is 29.3 Å². The van der Waals surface area contributed by atoms with E-state index in [0.717, 1.165) is 25.7 Å². The molecule has 0 radical (unpaired) electrons. The van der Waals surface area contributed by atoms with Crippen LogP contribution in [0.5, 0.6) is 0 Å². The second-order valence-corrected chi connectivity index (χ2v) is 5.03. The highest BCUT2D eigenvalue weighted by atomic mass is 35.5. The number of nitrogens with two attached hydrogens (primary N) is 1. The number of nitrogens with one attached hydrogen (secondary N) is 1. The lowest BCUT2D eigenvalue weighted by Crippen LogP contribution is -2.34. The third-order valence-electron chi connectivity index (χ3n) is 3.01. The molecule has 1 aliphatic rings. The zero-order valence-electron chi connectivity index (χ0n) is 10.1. The normalized spacial score (nSPS) is 23.4.